The molecule has 2 amide bonds. The molecule has 4 saturated heterocycles. The molecule has 4 atom stereocenters. The minimum Gasteiger partial charge on any atom is -0.392 e. The molecule has 112 valence electrons. The first-order valence-electron chi connectivity index (χ1n) is 6.63. The number of hydrogen-bond donors (Lipinski definition) is 2. The molecule has 8 heteroatoms. The molecule has 0 aromatic rings. The van der Waals surface area contributed by atoms with Gasteiger partial charge in [-0.25, -0.2) is 0 Å². The maximum absolute atomic E-state index is 12.9. The van der Waals surface area contributed by atoms with Gasteiger partial charge in [0.1, 0.15) is 0 Å². The highest BCUT2D eigenvalue weighted by Crippen LogP contribution is 2.64. The van der Waals surface area contributed by atoms with Crippen molar-refractivity contribution >= 4 is 33.4 Å². The molecule has 0 aromatic heterocycles. The van der Waals surface area contributed by atoms with Gasteiger partial charge >= 0.3 is 0 Å². The van der Waals surface area contributed by atoms with E-state index in [2.05, 4.69) is 0 Å². The van der Waals surface area contributed by atoms with Gasteiger partial charge < -0.3 is 20.0 Å². The fraction of sp³-hybridized carbons (Fsp3) is 0.538. The van der Waals surface area contributed by atoms with Crippen molar-refractivity contribution < 1.29 is 19.8 Å². The second-order valence-corrected chi connectivity index (χ2v) is 8.36. The Hall–Kier alpha value is -0.960. The number of nitrogens with zero attached hydrogens (tertiary/aromatic N) is 2. The Morgan fingerprint density at radius 3 is 2.86 bits per heavy atom. The van der Waals surface area contributed by atoms with Gasteiger partial charge in [0.2, 0.25) is 4.87 Å². The molecule has 0 radical (unpaired) electrons. The van der Waals surface area contributed by atoms with Crippen LogP contribution in [-0.2, 0) is 9.59 Å². The van der Waals surface area contributed by atoms with E-state index in [4.69, 9.17) is 0 Å². The normalized spacial score (nSPS) is 44.0. The molecule has 4 fully saturated rings. The van der Waals surface area contributed by atoms with Crippen LogP contribution in [0, 0.1) is 0 Å². The molecule has 5 aliphatic rings. The number of carbonyl (C=O) groups is 2. The number of carbonyl (C=O) groups excluding carboxylic acids is 2. The first kappa shape index (κ1) is 13.7. The van der Waals surface area contributed by atoms with Gasteiger partial charge in [0.05, 0.1) is 18.8 Å². The zero-order valence-electron chi connectivity index (χ0n) is 11.2. The van der Waals surface area contributed by atoms with Gasteiger partial charge in [0, 0.05) is 13.5 Å². The molecule has 6 nitrogen and oxygen atoms in total. The predicted octanol–water partition coefficient (Wildman–Crippen LogP) is -0.304. The van der Waals surface area contributed by atoms with E-state index < -0.39 is 28.5 Å². The van der Waals surface area contributed by atoms with E-state index in [1.54, 1.807) is 19.2 Å². The highest BCUT2D eigenvalue weighted by Gasteiger charge is 2.73. The van der Waals surface area contributed by atoms with Crippen molar-refractivity contribution in [2.24, 2.45) is 0 Å². The third kappa shape index (κ3) is 1.35. The van der Waals surface area contributed by atoms with Crippen molar-refractivity contribution in [1.29, 1.82) is 0 Å². The summed E-state index contributed by atoms with van der Waals surface area (Å²) in [6.07, 6.45) is 4.87. The van der Waals surface area contributed by atoms with E-state index in [0.29, 0.717) is 6.42 Å². The fourth-order valence-electron chi connectivity index (χ4n) is 3.55. The summed E-state index contributed by atoms with van der Waals surface area (Å²) in [6, 6.07) is -0.500. The lowest BCUT2D eigenvalue weighted by Gasteiger charge is -2.58. The van der Waals surface area contributed by atoms with E-state index in [1.165, 1.54) is 31.4 Å². The molecule has 4 aliphatic heterocycles. The topological polar surface area (TPSA) is 81.1 Å². The SMILES string of the molecule is CN1C(=O)[C@@]23CC4=CC=C[C@@H](O)[C@H]4N2C(=O)[C@]1(CO)SS3. The van der Waals surface area contributed by atoms with Gasteiger partial charge in [-0.2, -0.15) is 0 Å². The Labute approximate surface area is 129 Å². The van der Waals surface area contributed by atoms with Crippen LogP contribution in [0.3, 0.4) is 0 Å². The number of rotatable bonds is 1. The summed E-state index contributed by atoms with van der Waals surface area (Å²) < 4.78 is 0. The van der Waals surface area contributed by atoms with E-state index in [9.17, 15) is 19.8 Å². The van der Waals surface area contributed by atoms with Crippen LogP contribution in [0.4, 0.5) is 0 Å². The van der Waals surface area contributed by atoms with Gasteiger partial charge in [-0.3, -0.25) is 9.59 Å². The number of aliphatic hydroxyl groups is 2. The quantitative estimate of drug-likeness (QED) is 0.644. The number of likely N-dealkylation sites (N-methyl/N-ethyl adjacent to an activating group) is 1. The first-order chi connectivity index (χ1) is 9.98. The van der Waals surface area contributed by atoms with E-state index in [0.717, 1.165) is 5.57 Å². The summed E-state index contributed by atoms with van der Waals surface area (Å²) in [6.45, 7) is -0.435. The van der Waals surface area contributed by atoms with Crippen LogP contribution in [0.15, 0.2) is 23.8 Å². The molecule has 0 aromatic carbocycles. The number of piperazine rings is 1. The Balaban J connectivity index is 1.90. The molecule has 0 unspecified atom stereocenters. The van der Waals surface area contributed by atoms with Crippen LogP contribution in [0.25, 0.3) is 0 Å². The highest BCUT2D eigenvalue weighted by atomic mass is 33.1. The smallest absolute Gasteiger partial charge is 0.264 e. The van der Waals surface area contributed by atoms with Crippen molar-refractivity contribution in [2.45, 2.75) is 28.3 Å². The Morgan fingerprint density at radius 2 is 2.14 bits per heavy atom. The van der Waals surface area contributed by atoms with Crippen LogP contribution in [0.2, 0.25) is 0 Å². The lowest BCUT2D eigenvalue weighted by molar-refractivity contribution is -0.168. The first-order valence-corrected chi connectivity index (χ1v) is 8.78. The molecule has 1 spiro atoms. The zero-order valence-corrected chi connectivity index (χ0v) is 12.9. The standard InChI is InChI=1S/C13H14N2O4S2/c1-14-10(18)12-5-7-3-2-4-8(17)9(7)15(12)11(19)13(14,6-16)21-20-12/h2-4,8-9,16-17H,5-6H2,1H3/t8-,9+,12+,13+/m1/s1. The lowest BCUT2D eigenvalue weighted by Crippen LogP contribution is -2.77. The Morgan fingerprint density at radius 1 is 1.38 bits per heavy atom. The molecule has 0 saturated carbocycles. The second kappa shape index (κ2) is 4.07. The van der Waals surface area contributed by atoms with Crippen LogP contribution in [-0.4, -0.2) is 67.4 Å². The van der Waals surface area contributed by atoms with Crippen molar-refractivity contribution in [1.82, 2.24) is 9.80 Å². The van der Waals surface area contributed by atoms with Crippen LogP contribution < -0.4 is 0 Å². The maximum atomic E-state index is 12.9. The average molecular weight is 326 g/mol. The molecule has 21 heavy (non-hydrogen) atoms. The van der Waals surface area contributed by atoms with Crippen LogP contribution in [0.5, 0.6) is 0 Å². The molecule has 1 aliphatic carbocycles. The van der Waals surface area contributed by atoms with E-state index >= 15 is 0 Å². The summed E-state index contributed by atoms with van der Waals surface area (Å²) in [7, 11) is 4.14. The molecule has 4 heterocycles. The lowest BCUT2D eigenvalue weighted by atomic mass is 9.97. The van der Waals surface area contributed by atoms with Crippen molar-refractivity contribution in [3.63, 3.8) is 0 Å². The minimum atomic E-state index is -1.28. The summed E-state index contributed by atoms with van der Waals surface area (Å²) in [5, 5.41) is 20.0. The Bertz CT molecular complexity index is 621. The summed E-state index contributed by atoms with van der Waals surface area (Å²) in [5.74, 6) is -0.471. The van der Waals surface area contributed by atoms with Crippen molar-refractivity contribution in [3.8, 4) is 0 Å². The molecule has 2 N–H and O–H groups in total. The molecule has 2 bridgehead atoms. The number of allylic oxidation sites excluding steroid dienone is 2. The highest BCUT2D eigenvalue weighted by molar-refractivity contribution is 8.78. The maximum Gasteiger partial charge on any atom is 0.264 e. The number of aliphatic hydroxyl groups excluding tert-OH is 2. The molecular weight excluding hydrogens is 312 g/mol. The number of fused-ring (bicyclic) bond motifs is 3. The van der Waals surface area contributed by atoms with Gasteiger partial charge in [-0.1, -0.05) is 29.0 Å². The predicted molar refractivity (Wildman–Crippen MR) is 79.0 cm³/mol. The summed E-state index contributed by atoms with van der Waals surface area (Å²) >= 11 is 0. The van der Waals surface area contributed by atoms with Crippen molar-refractivity contribution in [3.05, 3.63) is 23.8 Å². The summed E-state index contributed by atoms with van der Waals surface area (Å²) in [4.78, 5) is 26.4. The fourth-order valence-corrected chi connectivity index (χ4v) is 7.12. The number of hydrogen-bond acceptors (Lipinski definition) is 6. The van der Waals surface area contributed by atoms with Crippen LogP contribution in [0.1, 0.15) is 6.42 Å². The number of amides is 2. The third-order valence-corrected chi connectivity index (χ3v) is 8.33. The van der Waals surface area contributed by atoms with Gasteiger partial charge in [-0.05, 0) is 16.4 Å². The van der Waals surface area contributed by atoms with Gasteiger partial charge in [-0.15, -0.1) is 0 Å². The largest absolute Gasteiger partial charge is 0.392 e. The zero-order chi connectivity index (χ0) is 15.0. The van der Waals surface area contributed by atoms with Crippen LogP contribution >= 0.6 is 21.6 Å². The summed E-state index contributed by atoms with van der Waals surface area (Å²) in [5.41, 5.74) is 0.892. The van der Waals surface area contributed by atoms with E-state index in [1.807, 2.05) is 6.08 Å². The average Bonchev–Trinajstić information content (AvgIpc) is 2.83. The molecule has 5 rings (SSSR count). The Kier molecular flexibility index (Phi) is 2.65. The molecular formula is C13H14N2O4S2. The third-order valence-electron chi connectivity index (χ3n) is 4.70. The van der Waals surface area contributed by atoms with E-state index in [-0.39, 0.29) is 11.8 Å². The van der Waals surface area contributed by atoms with Crippen molar-refractivity contribution in [2.75, 3.05) is 13.7 Å². The monoisotopic (exact) mass is 326 g/mol. The second-order valence-electron chi connectivity index (χ2n) is 5.67. The minimum absolute atomic E-state index is 0.178. The van der Waals surface area contributed by atoms with Gasteiger partial charge in [0.15, 0.2) is 4.87 Å². The van der Waals surface area contributed by atoms with Gasteiger partial charge in [0.25, 0.3) is 11.8 Å².